The summed E-state index contributed by atoms with van der Waals surface area (Å²) in [6, 6.07) is 4.72. The molecule has 0 N–H and O–H groups in total. The van der Waals surface area contributed by atoms with Gasteiger partial charge < -0.3 is 4.90 Å². The van der Waals surface area contributed by atoms with Crippen molar-refractivity contribution in [2.45, 2.75) is 12.8 Å². The summed E-state index contributed by atoms with van der Waals surface area (Å²) >= 11 is 1.98. The van der Waals surface area contributed by atoms with Crippen LogP contribution in [0.3, 0.4) is 0 Å². The molecule has 15 heavy (non-hydrogen) atoms. The van der Waals surface area contributed by atoms with Crippen LogP contribution in [0, 0.1) is 3.57 Å². The lowest BCUT2D eigenvalue weighted by atomic mass is 10.1. The number of nitrogens with zero attached hydrogens (tertiary/aromatic N) is 1. The number of carbonyl (C=O) groups excluding carboxylic acids is 1. The molecule has 1 aromatic carbocycles. The zero-order chi connectivity index (χ0) is 11.2. The maximum Gasteiger partial charge on any atom is 0.292 e. The minimum Gasteiger partial charge on any atom is -0.306 e. The molecule has 0 aliphatic carbocycles. The van der Waals surface area contributed by atoms with E-state index in [0.717, 1.165) is 8.47 Å². The third-order valence-electron chi connectivity index (χ3n) is 2.38. The zero-order valence-corrected chi connectivity index (χ0v) is 10.1. The summed E-state index contributed by atoms with van der Waals surface area (Å²) in [4.78, 5) is 12.3. The molecule has 1 aliphatic heterocycles. The van der Waals surface area contributed by atoms with Crippen LogP contribution in [0.4, 0.5) is 14.5 Å². The van der Waals surface area contributed by atoms with Crippen molar-refractivity contribution in [1.82, 2.24) is 0 Å². The van der Waals surface area contributed by atoms with Gasteiger partial charge in [0.1, 0.15) is 0 Å². The van der Waals surface area contributed by atoms with E-state index in [1.165, 1.54) is 13.0 Å². The van der Waals surface area contributed by atoms with Gasteiger partial charge in [0.25, 0.3) is 5.92 Å². The number of hydrogen-bond donors (Lipinski definition) is 0. The predicted octanol–water partition coefficient (Wildman–Crippen LogP) is 2.75. The molecule has 0 saturated carbocycles. The Balaban J connectivity index is 2.58. The fourth-order valence-corrected chi connectivity index (χ4v) is 2.18. The van der Waals surface area contributed by atoms with E-state index in [-0.39, 0.29) is 11.5 Å². The quantitative estimate of drug-likeness (QED) is 0.673. The Hall–Kier alpha value is -0.720. The largest absolute Gasteiger partial charge is 0.306 e. The van der Waals surface area contributed by atoms with Gasteiger partial charge in [-0.15, -0.1) is 0 Å². The molecule has 5 heteroatoms. The minimum absolute atomic E-state index is 0.0513. The average Bonchev–Trinajstić information content (AvgIpc) is 2.39. The molecule has 0 aromatic heterocycles. The number of alkyl halides is 2. The van der Waals surface area contributed by atoms with Gasteiger partial charge in [0.15, 0.2) is 0 Å². The van der Waals surface area contributed by atoms with E-state index in [1.807, 2.05) is 22.6 Å². The van der Waals surface area contributed by atoms with Gasteiger partial charge in [0.05, 0.1) is 12.2 Å². The fourth-order valence-electron chi connectivity index (χ4n) is 1.69. The highest BCUT2D eigenvalue weighted by atomic mass is 127. The van der Waals surface area contributed by atoms with Gasteiger partial charge in [0.2, 0.25) is 5.91 Å². The second-order valence-corrected chi connectivity index (χ2v) is 4.72. The highest BCUT2D eigenvalue weighted by molar-refractivity contribution is 14.1. The van der Waals surface area contributed by atoms with Gasteiger partial charge in [0, 0.05) is 16.1 Å². The van der Waals surface area contributed by atoms with E-state index in [9.17, 15) is 13.6 Å². The van der Waals surface area contributed by atoms with E-state index < -0.39 is 12.5 Å². The average molecular weight is 323 g/mol. The van der Waals surface area contributed by atoms with E-state index in [2.05, 4.69) is 0 Å². The first-order valence-electron chi connectivity index (χ1n) is 4.38. The molecule has 2 rings (SSSR count). The monoisotopic (exact) mass is 323 g/mol. The lowest BCUT2D eigenvalue weighted by Gasteiger charge is -2.14. The molecule has 1 amide bonds. The van der Waals surface area contributed by atoms with Crippen molar-refractivity contribution in [3.63, 3.8) is 0 Å². The Labute approximate surface area is 99.4 Å². The first-order valence-corrected chi connectivity index (χ1v) is 5.45. The number of halogens is 3. The molecule has 0 fully saturated rings. The van der Waals surface area contributed by atoms with E-state index in [4.69, 9.17) is 0 Å². The zero-order valence-electron chi connectivity index (χ0n) is 7.93. The second kappa shape index (κ2) is 3.40. The van der Waals surface area contributed by atoms with Gasteiger partial charge in [-0.25, -0.2) is 0 Å². The first kappa shape index (κ1) is 10.8. The van der Waals surface area contributed by atoms with Gasteiger partial charge in [-0.1, -0.05) is 0 Å². The van der Waals surface area contributed by atoms with E-state index in [1.54, 1.807) is 12.1 Å². The van der Waals surface area contributed by atoms with Crippen LogP contribution in [0.25, 0.3) is 0 Å². The summed E-state index contributed by atoms with van der Waals surface area (Å²) in [5.41, 5.74) is 0.275. The number of carbonyl (C=O) groups is 1. The number of amides is 1. The first-order chi connectivity index (χ1) is 6.92. The normalized spacial score (nSPS) is 17.7. The molecule has 80 valence electrons. The second-order valence-electron chi connectivity index (χ2n) is 3.47. The lowest BCUT2D eigenvalue weighted by Crippen LogP contribution is -2.30. The molecule has 0 unspecified atom stereocenters. The van der Waals surface area contributed by atoms with Gasteiger partial charge >= 0.3 is 0 Å². The number of hydrogen-bond acceptors (Lipinski definition) is 1. The van der Waals surface area contributed by atoms with Gasteiger partial charge in [-0.05, 0) is 40.8 Å². The summed E-state index contributed by atoms with van der Waals surface area (Å²) in [7, 11) is 0. The summed E-state index contributed by atoms with van der Waals surface area (Å²) in [6.45, 7) is 0.751. The molecule has 0 atom stereocenters. The third kappa shape index (κ3) is 1.73. The van der Waals surface area contributed by atoms with Crippen LogP contribution in [0.1, 0.15) is 12.5 Å². The SMILES string of the molecule is CC(=O)N1CC(F)(F)c2cc(I)ccc21. The maximum absolute atomic E-state index is 13.5. The standard InChI is InChI=1S/C10H8F2INO/c1-6(15)14-5-10(11,12)8-4-7(13)2-3-9(8)14/h2-4H,5H2,1H3. The summed E-state index contributed by atoms with van der Waals surface area (Å²) in [6.07, 6.45) is 0. The van der Waals surface area contributed by atoms with E-state index in [0.29, 0.717) is 5.69 Å². The predicted molar refractivity (Wildman–Crippen MR) is 61.1 cm³/mol. The van der Waals surface area contributed by atoms with Crippen molar-refractivity contribution < 1.29 is 13.6 Å². The summed E-state index contributed by atoms with van der Waals surface area (Å²) in [5.74, 6) is -3.28. The number of fused-ring (bicyclic) bond motifs is 1. The van der Waals surface area contributed by atoms with Crippen molar-refractivity contribution in [3.8, 4) is 0 Å². The Kier molecular flexibility index (Phi) is 2.44. The fraction of sp³-hybridized carbons (Fsp3) is 0.300. The molecule has 0 radical (unpaired) electrons. The van der Waals surface area contributed by atoms with Crippen molar-refractivity contribution in [1.29, 1.82) is 0 Å². The Morgan fingerprint density at radius 3 is 2.80 bits per heavy atom. The molecule has 0 spiro atoms. The number of benzene rings is 1. The highest BCUT2D eigenvalue weighted by Gasteiger charge is 2.45. The lowest BCUT2D eigenvalue weighted by molar-refractivity contribution is -0.117. The molecule has 1 aromatic rings. The van der Waals surface area contributed by atoms with Crippen LogP contribution < -0.4 is 4.90 Å². The van der Waals surface area contributed by atoms with Crippen molar-refractivity contribution in [3.05, 3.63) is 27.3 Å². The van der Waals surface area contributed by atoms with Gasteiger partial charge in [-0.2, -0.15) is 8.78 Å². The molecule has 1 aliphatic rings. The Morgan fingerprint density at radius 1 is 1.53 bits per heavy atom. The minimum atomic E-state index is -2.93. The number of rotatable bonds is 0. The van der Waals surface area contributed by atoms with Crippen molar-refractivity contribution in [2.75, 3.05) is 11.4 Å². The van der Waals surface area contributed by atoms with Crippen molar-refractivity contribution in [2.24, 2.45) is 0 Å². The van der Waals surface area contributed by atoms with E-state index >= 15 is 0 Å². The summed E-state index contributed by atoms with van der Waals surface area (Å²) in [5, 5.41) is 0. The Bertz CT molecular complexity index is 433. The summed E-state index contributed by atoms with van der Waals surface area (Å²) < 4.78 is 27.8. The highest BCUT2D eigenvalue weighted by Crippen LogP contribution is 2.43. The molecular weight excluding hydrogens is 315 g/mol. The van der Waals surface area contributed by atoms with Crippen LogP contribution in [-0.4, -0.2) is 12.5 Å². The topological polar surface area (TPSA) is 20.3 Å². The maximum atomic E-state index is 13.5. The Morgan fingerprint density at radius 2 is 2.20 bits per heavy atom. The van der Waals surface area contributed by atoms with Crippen LogP contribution >= 0.6 is 22.6 Å². The number of anilines is 1. The smallest absolute Gasteiger partial charge is 0.292 e. The molecule has 0 bridgehead atoms. The molecule has 1 heterocycles. The van der Waals surface area contributed by atoms with Crippen LogP contribution in [0.15, 0.2) is 18.2 Å². The van der Waals surface area contributed by atoms with Crippen LogP contribution in [-0.2, 0) is 10.7 Å². The van der Waals surface area contributed by atoms with Crippen molar-refractivity contribution >= 4 is 34.2 Å². The molecule has 0 saturated heterocycles. The third-order valence-corrected chi connectivity index (χ3v) is 3.05. The van der Waals surface area contributed by atoms with Gasteiger partial charge in [-0.3, -0.25) is 4.79 Å². The van der Waals surface area contributed by atoms with Crippen LogP contribution in [0.2, 0.25) is 0 Å². The molecular formula is C10H8F2INO. The van der Waals surface area contributed by atoms with Crippen LogP contribution in [0.5, 0.6) is 0 Å². The molecule has 2 nitrogen and oxygen atoms in total.